The number of hydrogen-bond donors (Lipinski definition) is 2. The van der Waals surface area contributed by atoms with Crippen molar-refractivity contribution in [3.05, 3.63) is 71.1 Å². The summed E-state index contributed by atoms with van der Waals surface area (Å²) in [7, 11) is 0. The van der Waals surface area contributed by atoms with Gasteiger partial charge in [0.05, 0.1) is 30.6 Å². The van der Waals surface area contributed by atoms with Crippen LogP contribution in [-0.4, -0.2) is 35.6 Å². The SMILES string of the molecule is C[C@H]1Cc2ccc(C3=CCOCC3)cc2[C@H]1CCCNC(=O)c1ccc2nc[nH]c2c1. The molecule has 5 heteroatoms. The van der Waals surface area contributed by atoms with Crippen LogP contribution in [0.25, 0.3) is 16.6 Å². The van der Waals surface area contributed by atoms with E-state index in [1.807, 2.05) is 18.2 Å². The summed E-state index contributed by atoms with van der Waals surface area (Å²) in [5, 5.41) is 3.09. The Bertz CT molecular complexity index is 1130. The van der Waals surface area contributed by atoms with Crippen LogP contribution in [0.15, 0.2) is 48.8 Å². The molecular weight excluding hydrogens is 386 g/mol. The van der Waals surface area contributed by atoms with E-state index in [2.05, 4.69) is 46.5 Å². The first-order chi connectivity index (χ1) is 15.2. The molecule has 0 bridgehead atoms. The van der Waals surface area contributed by atoms with Gasteiger partial charge in [0.25, 0.3) is 5.91 Å². The van der Waals surface area contributed by atoms with Gasteiger partial charge in [-0.05, 0) is 78.0 Å². The van der Waals surface area contributed by atoms with E-state index >= 15 is 0 Å². The smallest absolute Gasteiger partial charge is 0.251 e. The molecule has 2 aliphatic rings. The second-order valence-corrected chi connectivity index (χ2v) is 8.79. The molecule has 0 spiro atoms. The maximum absolute atomic E-state index is 12.5. The summed E-state index contributed by atoms with van der Waals surface area (Å²) in [6, 6.07) is 12.6. The third kappa shape index (κ3) is 4.15. The Morgan fingerprint density at radius 3 is 3.06 bits per heavy atom. The molecule has 1 amide bonds. The fourth-order valence-corrected chi connectivity index (χ4v) is 5.05. The van der Waals surface area contributed by atoms with E-state index in [1.165, 1.54) is 22.3 Å². The lowest BCUT2D eigenvalue weighted by atomic mass is 9.88. The Hall–Kier alpha value is -2.92. The van der Waals surface area contributed by atoms with Gasteiger partial charge in [0.2, 0.25) is 0 Å². The summed E-state index contributed by atoms with van der Waals surface area (Å²) in [5.74, 6) is 1.19. The van der Waals surface area contributed by atoms with Gasteiger partial charge in [0, 0.05) is 12.1 Å². The lowest BCUT2D eigenvalue weighted by Gasteiger charge is -2.19. The molecule has 2 atom stereocenters. The van der Waals surface area contributed by atoms with E-state index in [0.29, 0.717) is 23.9 Å². The quantitative estimate of drug-likeness (QED) is 0.566. The van der Waals surface area contributed by atoms with Crippen molar-refractivity contribution in [3.8, 4) is 0 Å². The number of nitrogens with one attached hydrogen (secondary N) is 2. The Balaban J connectivity index is 1.20. The van der Waals surface area contributed by atoms with Crippen LogP contribution in [0.2, 0.25) is 0 Å². The van der Waals surface area contributed by atoms with E-state index in [9.17, 15) is 4.79 Å². The van der Waals surface area contributed by atoms with Crippen molar-refractivity contribution < 1.29 is 9.53 Å². The second-order valence-electron chi connectivity index (χ2n) is 8.79. The molecule has 0 saturated carbocycles. The molecule has 2 N–H and O–H groups in total. The Morgan fingerprint density at radius 1 is 1.26 bits per heavy atom. The number of benzene rings is 2. The van der Waals surface area contributed by atoms with Crippen LogP contribution in [0.5, 0.6) is 0 Å². The van der Waals surface area contributed by atoms with Crippen molar-refractivity contribution >= 4 is 22.5 Å². The van der Waals surface area contributed by atoms with Crippen molar-refractivity contribution in [2.45, 2.75) is 38.5 Å². The van der Waals surface area contributed by atoms with Crippen molar-refractivity contribution in [2.24, 2.45) is 5.92 Å². The lowest BCUT2D eigenvalue weighted by molar-refractivity contribution is 0.0952. The predicted molar refractivity (Wildman–Crippen MR) is 123 cm³/mol. The molecule has 2 aromatic carbocycles. The molecule has 1 aliphatic carbocycles. The molecule has 3 aromatic rings. The maximum atomic E-state index is 12.5. The zero-order valence-electron chi connectivity index (χ0n) is 18.0. The number of carbonyl (C=O) groups excluding carboxylic acids is 1. The summed E-state index contributed by atoms with van der Waals surface area (Å²) in [4.78, 5) is 19.8. The van der Waals surface area contributed by atoms with E-state index in [1.54, 1.807) is 6.33 Å². The largest absolute Gasteiger partial charge is 0.377 e. The molecular formula is C26H29N3O2. The highest BCUT2D eigenvalue weighted by molar-refractivity contribution is 5.97. The first kappa shape index (κ1) is 20.0. The Kier molecular flexibility index (Phi) is 5.60. The summed E-state index contributed by atoms with van der Waals surface area (Å²) in [6.07, 6.45) is 8.09. The molecule has 2 heterocycles. The number of hydrogen-bond acceptors (Lipinski definition) is 3. The third-order valence-corrected chi connectivity index (χ3v) is 6.77. The van der Waals surface area contributed by atoms with Gasteiger partial charge in [-0.3, -0.25) is 4.79 Å². The van der Waals surface area contributed by atoms with Gasteiger partial charge in [-0.2, -0.15) is 0 Å². The number of rotatable bonds is 6. The van der Waals surface area contributed by atoms with Crippen molar-refractivity contribution in [2.75, 3.05) is 19.8 Å². The molecule has 1 aliphatic heterocycles. The highest BCUT2D eigenvalue weighted by atomic mass is 16.5. The molecule has 0 unspecified atom stereocenters. The molecule has 160 valence electrons. The van der Waals surface area contributed by atoms with Gasteiger partial charge in [0.1, 0.15) is 0 Å². The van der Waals surface area contributed by atoms with E-state index in [4.69, 9.17) is 4.74 Å². The highest BCUT2D eigenvalue weighted by Crippen LogP contribution is 2.42. The number of ether oxygens (including phenoxy) is 1. The molecule has 5 rings (SSSR count). The first-order valence-corrected chi connectivity index (χ1v) is 11.3. The van der Waals surface area contributed by atoms with Crippen LogP contribution < -0.4 is 5.32 Å². The minimum absolute atomic E-state index is 0.0230. The van der Waals surface area contributed by atoms with Gasteiger partial charge in [0.15, 0.2) is 0 Å². The van der Waals surface area contributed by atoms with Crippen molar-refractivity contribution in [1.82, 2.24) is 15.3 Å². The molecule has 0 fully saturated rings. The average Bonchev–Trinajstić information content (AvgIpc) is 3.40. The zero-order valence-corrected chi connectivity index (χ0v) is 18.0. The number of nitrogens with zero attached hydrogens (tertiary/aromatic N) is 1. The average molecular weight is 416 g/mol. The van der Waals surface area contributed by atoms with Crippen LogP contribution in [0, 0.1) is 5.92 Å². The van der Waals surface area contributed by atoms with E-state index < -0.39 is 0 Å². The minimum atomic E-state index is -0.0230. The predicted octanol–water partition coefficient (Wildman–Crippen LogP) is 4.85. The molecule has 0 saturated heterocycles. The number of amides is 1. The zero-order chi connectivity index (χ0) is 21.2. The summed E-state index contributed by atoms with van der Waals surface area (Å²) < 4.78 is 5.47. The number of aromatic nitrogens is 2. The number of carbonyl (C=O) groups is 1. The van der Waals surface area contributed by atoms with Crippen molar-refractivity contribution in [3.63, 3.8) is 0 Å². The Morgan fingerprint density at radius 2 is 2.19 bits per heavy atom. The standard InChI is InChI=1S/C26H29N3O2/c1-17-13-20-5-4-19(18-8-11-31-12-9-18)14-23(20)22(17)3-2-10-27-26(30)21-6-7-24-25(15-21)29-16-28-24/h4-8,14-17,22H,2-3,9-13H2,1H3,(H,27,30)(H,28,29)/t17-,22-/m0/s1. The monoisotopic (exact) mass is 415 g/mol. The van der Waals surface area contributed by atoms with Crippen LogP contribution in [0.1, 0.15) is 59.2 Å². The van der Waals surface area contributed by atoms with Crippen molar-refractivity contribution in [1.29, 1.82) is 0 Å². The number of aromatic amines is 1. The van der Waals surface area contributed by atoms with Gasteiger partial charge in [-0.1, -0.05) is 31.2 Å². The number of H-pyrrole nitrogens is 1. The molecule has 31 heavy (non-hydrogen) atoms. The van der Waals surface area contributed by atoms with E-state index in [0.717, 1.165) is 49.9 Å². The fraction of sp³-hybridized carbons (Fsp3) is 0.385. The summed E-state index contributed by atoms with van der Waals surface area (Å²) in [6.45, 7) is 4.59. The summed E-state index contributed by atoms with van der Waals surface area (Å²) in [5.41, 5.74) is 8.20. The molecule has 5 nitrogen and oxygen atoms in total. The number of imidazole rings is 1. The highest BCUT2D eigenvalue weighted by Gasteiger charge is 2.29. The lowest BCUT2D eigenvalue weighted by Crippen LogP contribution is -2.24. The minimum Gasteiger partial charge on any atom is -0.377 e. The molecule has 0 radical (unpaired) electrons. The Labute approximate surface area is 182 Å². The van der Waals surface area contributed by atoms with Gasteiger partial charge >= 0.3 is 0 Å². The fourth-order valence-electron chi connectivity index (χ4n) is 5.05. The van der Waals surface area contributed by atoms with Gasteiger partial charge < -0.3 is 15.0 Å². The van der Waals surface area contributed by atoms with E-state index in [-0.39, 0.29) is 5.91 Å². The van der Waals surface area contributed by atoms with Crippen LogP contribution in [0.4, 0.5) is 0 Å². The normalized spacial score (nSPS) is 20.5. The summed E-state index contributed by atoms with van der Waals surface area (Å²) >= 11 is 0. The second kappa shape index (κ2) is 8.67. The topological polar surface area (TPSA) is 67.0 Å². The molecule has 1 aromatic heterocycles. The first-order valence-electron chi connectivity index (χ1n) is 11.3. The van der Waals surface area contributed by atoms with Crippen LogP contribution in [0.3, 0.4) is 0 Å². The van der Waals surface area contributed by atoms with Crippen LogP contribution >= 0.6 is 0 Å². The third-order valence-electron chi connectivity index (χ3n) is 6.77. The maximum Gasteiger partial charge on any atom is 0.251 e. The van der Waals surface area contributed by atoms with Gasteiger partial charge in [-0.25, -0.2) is 4.98 Å². The van der Waals surface area contributed by atoms with Crippen LogP contribution in [-0.2, 0) is 11.2 Å². The number of fused-ring (bicyclic) bond motifs is 2. The van der Waals surface area contributed by atoms with Gasteiger partial charge in [-0.15, -0.1) is 0 Å².